The van der Waals surface area contributed by atoms with E-state index in [9.17, 15) is 0 Å². The van der Waals surface area contributed by atoms with Crippen LogP contribution in [0.2, 0.25) is 0 Å². The molecule has 0 spiro atoms. The van der Waals surface area contributed by atoms with Gasteiger partial charge in [-0.15, -0.1) is 11.3 Å². The molecule has 0 bridgehead atoms. The van der Waals surface area contributed by atoms with Gasteiger partial charge in [-0.2, -0.15) is 4.98 Å². The summed E-state index contributed by atoms with van der Waals surface area (Å²) in [5, 5.41) is 0.889. The number of nitrogens with two attached hydrogens (primary N) is 1. The van der Waals surface area contributed by atoms with E-state index < -0.39 is 0 Å². The molecule has 0 aliphatic carbocycles. The van der Waals surface area contributed by atoms with Gasteiger partial charge < -0.3 is 10.5 Å². The van der Waals surface area contributed by atoms with Crippen molar-refractivity contribution in [1.29, 1.82) is 0 Å². The molecule has 6 heteroatoms. The Labute approximate surface area is 114 Å². The number of anilines is 1. The molecule has 0 amide bonds. The van der Waals surface area contributed by atoms with Gasteiger partial charge >= 0.3 is 0 Å². The topological polar surface area (TPSA) is 73.9 Å². The minimum Gasteiger partial charge on any atom is -0.437 e. The highest BCUT2D eigenvalue weighted by molar-refractivity contribution is 7.18. The molecule has 0 fully saturated rings. The lowest BCUT2D eigenvalue weighted by Crippen LogP contribution is -1.97. The monoisotopic (exact) mass is 272 g/mol. The summed E-state index contributed by atoms with van der Waals surface area (Å²) in [6.07, 6.45) is 4.28. The van der Waals surface area contributed by atoms with Crippen LogP contribution in [0.25, 0.3) is 10.2 Å². The van der Waals surface area contributed by atoms with Gasteiger partial charge in [0, 0.05) is 11.1 Å². The highest BCUT2D eigenvalue weighted by atomic mass is 32.1. The van der Waals surface area contributed by atoms with Crippen LogP contribution < -0.4 is 10.5 Å². The molecule has 0 atom stereocenters. The average molecular weight is 272 g/mol. The van der Waals surface area contributed by atoms with E-state index in [1.165, 1.54) is 4.88 Å². The number of aryl methyl sites for hydroxylation is 1. The summed E-state index contributed by atoms with van der Waals surface area (Å²) < 4.78 is 5.74. The van der Waals surface area contributed by atoms with Crippen LogP contribution in [0.5, 0.6) is 11.6 Å². The molecule has 0 saturated heterocycles. The van der Waals surface area contributed by atoms with Crippen LogP contribution in [0, 0.1) is 0 Å². The number of aromatic nitrogens is 3. The minimum atomic E-state index is 0.218. The van der Waals surface area contributed by atoms with Crippen molar-refractivity contribution in [2.75, 3.05) is 5.73 Å². The molecule has 3 rings (SSSR count). The summed E-state index contributed by atoms with van der Waals surface area (Å²) in [6.45, 7) is 2.10. The van der Waals surface area contributed by atoms with Gasteiger partial charge in [0.15, 0.2) is 0 Å². The SMILES string of the molecule is CCc1cc2c(Oc3cccnc3)nc(N)nc2s1. The second kappa shape index (κ2) is 4.81. The third kappa shape index (κ3) is 2.34. The quantitative estimate of drug-likeness (QED) is 0.793. The van der Waals surface area contributed by atoms with Crippen LogP contribution in [0.15, 0.2) is 30.6 Å². The zero-order valence-electron chi connectivity index (χ0n) is 10.3. The fourth-order valence-corrected chi connectivity index (χ4v) is 2.70. The first kappa shape index (κ1) is 11.9. The van der Waals surface area contributed by atoms with Crippen molar-refractivity contribution < 1.29 is 4.74 Å². The van der Waals surface area contributed by atoms with Gasteiger partial charge in [-0.25, -0.2) is 4.98 Å². The highest BCUT2D eigenvalue weighted by Crippen LogP contribution is 2.33. The Bertz CT molecular complexity index is 711. The maximum Gasteiger partial charge on any atom is 0.232 e. The van der Waals surface area contributed by atoms with E-state index in [2.05, 4.69) is 21.9 Å². The second-order valence-corrected chi connectivity index (χ2v) is 5.08. The first-order valence-corrected chi connectivity index (χ1v) is 6.71. The summed E-state index contributed by atoms with van der Waals surface area (Å²) in [7, 11) is 0. The average Bonchev–Trinajstić information content (AvgIpc) is 2.83. The molecule has 2 N–H and O–H groups in total. The number of hydrogen-bond donors (Lipinski definition) is 1. The zero-order valence-corrected chi connectivity index (χ0v) is 11.1. The van der Waals surface area contributed by atoms with Crippen LogP contribution in [-0.4, -0.2) is 15.0 Å². The van der Waals surface area contributed by atoms with Crippen molar-refractivity contribution in [1.82, 2.24) is 15.0 Å². The minimum absolute atomic E-state index is 0.218. The van der Waals surface area contributed by atoms with Crippen LogP contribution in [0.3, 0.4) is 0 Å². The molecular weight excluding hydrogens is 260 g/mol. The van der Waals surface area contributed by atoms with E-state index in [1.807, 2.05) is 18.2 Å². The van der Waals surface area contributed by atoms with Crippen molar-refractivity contribution in [3.05, 3.63) is 35.5 Å². The van der Waals surface area contributed by atoms with Gasteiger partial charge in [0.05, 0.1) is 11.6 Å². The fourth-order valence-electron chi connectivity index (χ4n) is 1.73. The Morgan fingerprint density at radius 3 is 3.00 bits per heavy atom. The number of pyridine rings is 1. The number of nitrogens with zero attached hydrogens (tertiary/aromatic N) is 3. The molecule has 0 unspecified atom stereocenters. The number of fused-ring (bicyclic) bond motifs is 1. The largest absolute Gasteiger partial charge is 0.437 e. The summed E-state index contributed by atoms with van der Waals surface area (Å²) in [6, 6.07) is 5.68. The predicted molar refractivity (Wildman–Crippen MR) is 75.5 cm³/mol. The lowest BCUT2D eigenvalue weighted by molar-refractivity contribution is 0.467. The lowest BCUT2D eigenvalue weighted by atomic mass is 10.3. The Kier molecular flexibility index (Phi) is 3.00. The van der Waals surface area contributed by atoms with Gasteiger partial charge in [-0.1, -0.05) is 6.92 Å². The highest BCUT2D eigenvalue weighted by Gasteiger charge is 2.12. The standard InChI is InChI=1S/C13H12N4OS/c1-2-9-6-10-11(16-13(14)17-12(10)19-9)18-8-4-3-5-15-7-8/h3-7H,2H2,1H3,(H2,14,16,17). The van der Waals surface area contributed by atoms with E-state index in [0.29, 0.717) is 11.6 Å². The van der Waals surface area contributed by atoms with Crippen LogP contribution >= 0.6 is 11.3 Å². The van der Waals surface area contributed by atoms with Crippen LogP contribution in [0.1, 0.15) is 11.8 Å². The van der Waals surface area contributed by atoms with Gasteiger partial charge in [-0.05, 0) is 24.6 Å². The molecule has 0 radical (unpaired) electrons. The van der Waals surface area contributed by atoms with Crippen molar-refractivity contribution in [2.45, 2.75) is 13.3 Å². The van der Waals surface area contributed by atoms with Gasteiger partial charge in [0.2, 0.25) is 11.8 Å². The first-order chi connectivity index (χ1) is 9.26. The maximum absolute atomic E-state index is 5.74. The summed E-state index contributed by atoms with van der Waals surface area (Å²) >= 11 is 1.61. The van der Waals surface area contributed by atoms with Crippen molar-refractivity contribution >= 4 is 27.5 Å². The first-order valence-electron chi connectivity index (χ1n) is 5.90. The van der Waals surface area contributed by atoms with E-state index >= 15 is 0 Å². The Morgan fingerprint density at radius 2 is 2.26 bits per heavy atom. The molecule has 19 heavy (non-hydrogen) atoms. The summed E-state index contributed by atoms with van der Waals surface area (Å²) in [5.41, 5.74) is 5.72. The van der Waals surface area contributed by atoms with Gasteiger partial charge in [0.25, 0.3) is 0 Å². The van der Waals surface area contributed by atoms with E-state index in [0.717, 1.165) is 16.6 Å². The predicted octanol–water partition coefficient (Wildman–Crippen LogP) is 3.02. The molecule has 5 nitrogen and oxygen atoms in total. The third-order valence-corrected chi connectivity index (χ3v) is 3.80. The molecule has 96 valence electrons. The Morgan fingerprint density at radius 1 is 1.37 bits per heavy atom. The number of rotatable bonds is 3. The zero-order chi connectivity index (χ0) is 13.2. The van der Waals surface area contributed by atoms with Crippen LogP contribution in [0.4, 0.5) is 5.95 Å². The number of thiophene rings is 1. The van der Waals surface area contributed by atoms with E-state index in [1.54, 1.807) is 23.7 Å². The molecule has 3 aromatic heterocycles. The van der Waals surface area contributed by atoms with E-state index in [4.69, 9.17) is 10.5 Å². The molecule has 0 aliphatic rings. The number of nitrogen functional groups attached to an aromatic ring is 1. The summed E-state index contributed by atoms with van der Waals surface area (Å²) in [4.78, 5) is 14.5. The van der Waals surface area contributed by atoms with Crippen molar-refractivity contribution in [3.63, 3.8) is 0 Å². The Balaban J connectivity index is 2.09. The molecule has 0 aliphatic heterocycles. The molecule has 3 aromatic rings. The normalized spacial score (nSPS) is 10.8. The maximum atomic E-state index is 5.74. The third-order valence-electron chi connectivity index (χ3n) is 2.62. The van der Waals surface area contributed by atoms with Crippen molar-refractivity contribution in [2.24, 2.45) is 0 Å². The molecule has 3 heterocycles. The van der Waals surface area contributed by atoms with Crippen molar-refractivity contribution in [3.8, 4) is 11.6 Å². The number of ether oxygens (including phenoxy) is 1. The Hall–Kier alpha value is -2.21. The van der Waals surface area contributed by atoms with Gasteiger partial charge in [-0.3, -0.25) is 4.98 Å². The van der Waals surface area contributed by atoms with Gasteiger partial charge in [0.1, 0.15) is 10.6 Å². The molecule has 0 saturated carbocycles. The van der Waals surface area contributed by atoms with E-state index in [-0.39, 0.29) is 5.95 Å². The molecule has 0 aromatic carbocycles. The van der Waals surface area contributed by atoms with Crippen LogP contribution in [-0.2, 0) is 6.42 Å². The number of hydrogen-bond acceptors (Lipinski definition) is 6. The smallest absolute Gasteiger partial charge is 0.232 e. The lowest BCUT2D eigenvalue weighted by Gasteiger charge is -2.05. The second-order valence-electron chi connectivity index (χ2n) is 3.96. The fraction of sp³-hybridized carbons (Fsp3) is 0.154. The summed E-state index contributed by atoms with van der Waals surface area (Å²) in [5.74, 6) is 1.33. The molecular formula is C13H12N4OS.